The molecule has 3 rings (SSSR count). The number of primary amides is 1. The third kappa shape index (κ3) is 2.61. The van der Waals surface area contributed by atoms with Crippen LogP contribution in [0.25, 0.3) is 11.0 Å². The van der Waals surface area contributed by atoms with Crippen LogP contribution in [0.1, 0.15) is 49.8 Å². The normalized spacial score (nSPS) is 25.2. The van der Waals surface area contributed by atoms with Crippen molar-refractivity contribution in [1.29, 1.82) is 0 Å². The monoisotopic (exact) mass is 300 g/mol. The first kappa shape index (κ1) is 15.0. The molecule has 1 aromatic carbocycles. The van der Waals surface area contributed by atoms with Crippen molar-refractivity contribution in [3.05, 3.63) is 29.6 Å². The number of nitrogens with two attached hydrogens (primary N) is 1. The number of carbonyl (C=O) groups is 1. The molecule has 2 atom stereocenters. The van der Waals surface area contributed by atoms with Gasteiger partial charge in [-0.2, -0.15) is 0 Å². The van der Waals surface area contributed by atoms with E-state index in [1.54, 1.807) is 6.07 Å². The second-order valence-corrected chi connectivity index (χ2v) is 7.06. The Labute approximate surface area is 130 Å². The molecule has 1 aliphatic rings. The predicted molar refractivity (Wildman–Crippen MR) is 87.5 cm³/mol. The lowest BCUT2D eigenvalue weighted by Crippen LogP contribution is -2.34. The number of nitrogens with one attached hydrogen (secondary N) is 2. The van der Waals surface area contributed by atoms with Gasteiger partial charge in [0.2, 0.25) is 0 Å². The predicted octanol–water partition coefficient (Wildman–Crippen LogP) is 2.53. The van der Waals surface area contributed by atoms with Crippen molar-refractivity contribution < 1.29 is 4.79 Å². The lowest BCUT2D eigenvalue weighted by Gasteiger charge is -2.22. The van der Waals surface area contributed by atoms with Gasteiger partial charge in [-0.15, -0.1) is 0 Å². The van der Waals surface area contributed by atoms with Crippen molar-refractivity contribution in [2.75, 3.05) is 6.54 Å². The number of hydrogen-bond donors (Lipinski definition) is 3. The Morgan fingerprint density at radius 3 is 2.95 bits per heavy atom. The number of imidazole rings is 1. The highest BCUT2D eigenvalue weighted by Gasteiger charge is 2.38. The maximum atomic E-state index is 11.6. The molecule has 0 bridgehead atoms. The summed E-state index contributed by atoms with van der Waals surface area (Å²) in [4.78, 5) is 19.6. The molecule has 118 valence electrons. The van der Waals surface area contributed by atoms with Crippen LogP contribution in [-0.4, -0.2) is 22.4 Å². The number of nitrogens with zero attached hydrogens (tertiary/aromatic N) is 1. The summed E-state index contributed by atoms with van der Waals surface area (Å²) in [6.45, 7) is 7.70. The lowest BCUT2D eigenvalue weighted by atomic mass is 9.89. The SMILES string of the molecule is CC(C)CC1CN[C@@](C)(c2nc3c(C(N)=O)cccc3[nH]2)C1. The average molecular weight is 300 g/mol. The van der Waals surface area contributed by atoms with E-state index in [1.807, 2.05) is 12.1 Å². The Bertz CT molecular complexity index is 706. The van der Waals surface area contributed by atoms with Gasteiger partial charge in [0, 0.05) is 0 Å². The fourth-order valence-corrected chi connectivity index (χ4v) is 3.60. The molecule has 1 aliphatic heterocycles. The molecule has 1 unspecified atom stereocenters. The Morgan fingerprint density at radius 1 is 1.50 bits per heavy atom. The first-order valence-electron chi connectivity index (χ1n) is 7.93. The maximum Gasteiger partial charge on any atom is 0.250 e. The van der Waals surface area contributed by atoms with Crippen molar-refractivity contribution in [3.8, 4) is 0 Å². The summed E-state index contributed by atoms with van der Waals surface area (Å²) in [6, 6.07) is 5.49. The summed E-state index contributed by atoms with van der Waals surface area (Å²) < 4.78 is 0. The molecule has 1 fully saturated rings. The summed E-state index contributed by atoms with van der Waals surface area (Å²) >= 11 is 0. The minimum Gasteiger partial charge on any atom is -0.366 e. The van der Waals surface area contributed by atoms with Crippen molar-refractivity contribution in [2.45, 2.75) is 39.2 Å². The topological polar surface area (TPSA) is 83.8 Å². The Hall–Kier alpha value is -1.88. The number of carbonyl (C=O) groups excluding carboxylic acids is 1. The number of aromatic nitrogens is 2. The van der Waals surface area contributed by atoms with Crippen LogP contribution < -0.4 is 11.1 Å². The number of benzene rings is 1. The molecule has 1 amide bonds. The smallest absolute Gasteiger partial charge is 0.250 e. The molecule has 2 aromatic rings. The largest absolute Gasteiger partial charge is 0.366 e. The summed E-state index contributed by atoms with van der Waals surface area (Å²) in [6.07, 6.45) is 2.27. The number of rotatable bonds is 4. The molecule has 5 nitrogen and oxygen atoms in total. The summed E-state index contributed by atoms with van der Waals surface area (Å²) in [5, 5.41) is 3.60. The van der Waals surface area contributed by atoms with Gasteiger partial charge in [-0.3, -0.25) is 4.79 Å². The van der Waals surface area contributed by atoms with Gasteiger partial charge in [0.15, 0.2) is 0 Å². The van der Waals surface area contributed by atoms with Gasteiger partial charge in [0.1, 0.15) is 11.3 Å². The van der Waals surface area contributed by atoms with E-state index in [1.165, 1.54) is 6.42 Å². The molecule has 22 heavy (non-hydrogen) atoms. The van der Waals surface area contributed by atoms with Crippen molar-refractivity contribution in [3.63, 3.8) is 0 Å². The van der Waals surface area contributed by atoms with Gasteiger partial charge < -0.3 is 16.0 Å². The first-order chi connectivity index (χ1) is 10.4. The van der Waals surface area contributed by atoms with Crippen molar-refractivity contribution in [2.24, 2.45) is 17.6 Å². The van der Waals surface area contributed by atoms with Crippen LogP contribution in [0.3, 0.4) is 0 Å². The van der Waals surface area contributed by atoms with Crippen LogP contribution in [0.4, 0.5) is 0 Å². The number of para-hydroxylation sites is 1. The van der Waals surface area contributed by atoms with Gasteiger partial charge in [-0.1, -0.05) is 19.9 Å². The second kappa shape index (κ2) is 5.39. The van der Waals surface area contributed by atoms with Gasteiger partial charge in [-0.05, 0) is 50.3 Å². The van der Waals surface area contributed by atoms with Gasteiger partial charge in [-0.25, -0.2) is 4.98 Å². The van der Waals surface area contributed by atoms with E-state index < -0.39 is 5.91 Å². The number of hydrogen-bond acceptors (Lipinski definition) is 3. The van der Waals surface area contributed by atoms with E-state index in [0.29, 0.717) is 22.9 Å². The van der Waals surface area contributed by atoms with E-state index in [2.05, 4.69) is 36.1 Å². The molecule has 1 saturated heterocycles. The summed E-state index contributed by atoms with van der Waals surface area (Å²) in [5.74, 6) is 1.81. The molecule has 5 heteroatoms. The van der Waals surface area contributed by atoms with Gasteiger partial charge in [0.05, 0.1) is 16.6 Å². The number of fused-ring (bicyclic) bond motifs is 1. The van der Waals surface area contributed by atoms with Crippen molar-refractivity contribution in [1.82, 2.24) is 15.3 Å². The molecular weight excluding hydrogens is 276 g/mol. The van der Waals surface area contributed by atoms with Crippen LogP contribution in [-0.2, 0) is 5.54 Å². The molecule has 0 aliphatic carbocycles. The molecular formula is C17H24N4O. The van der Waals surface area contributed by atoms with Crippen LogP contribution in [0.2, 0.25) is 0 Å². The van der Waals surface area contributed by atoms with E-state index in [9.17, 15) is 4.79 Å². The summed E-state index contributed by atoms with van der Waals surface area (Å²) in [7, 11) is 0. The fraction of sp³-hybridized carbons (Fsp3) is 0.529. The fourth-order valence-electron chi connectivity index (χ4n) is 3.60. The summed E-state index contributed by atoms with van der Waals surface area (Å²) in [5.41, 5.74) is 7.27. The quantitative estimate of drug-likeness (QED) is 0.811. The molecule has 0 radical (unpaired) electrons. The number of aromatic amines is 1. The zero-order valence-corrected chi connectivity index (χ0v) is 13.4. The highest BCUT2D eigenvalue weighted by molar-refractivity contribution is 6.04. The zero-order valence-electron chi connectivity index (χ0n) is 13.4. The second-order valence-electron chi connectivity index (χ2n) is 7.06. The highest BCUT2D eigenvalue weighted by Crippen LogP contribution is 2.35. The van der Waals surface area contributed by atoms with Crippen LogP contribution in [0.5, 0.6) is 0 Å². The first-order valence-corrected chi connectivity index (χ1v) is 7.93. The van der Waals surface area contributed by atoms with Crippen LogP contribution >= 0.6 is 0 Å². The Balaban J connectivity index is 1.94. The third-order valence-corrected chi connectivity index (χ3v) is 4.58. The van der Waals surface area contributed by atoms with Gasteiger partial charge in [0.25, 0.3) is 5.91 Å². The van der Waals surface area contributed by atoms with Crippen LogP contribution in [0.15, 0.2) is 18.2 Å². The third-order valence-electron chi connectivity index (χ3n) is 4.58. The minimum absolute atomic E-state index is 0.173. The zero-order chi connectivity index (χ0) is 15.9. The molecule has 2 heterocycles. The number of amides is 1. The van der Waals surface area contributed by atoms with E-state index >= 15 is 0 Å². The van der Waals surface area contributed by atoms with Crippen molar-refractivity contribution >= 4 is 16.9 Å². The minimum atomic E-state index is -0.439. The molecule has 1 aromatic heterocycles. The van der Waals surface area contributed by atoms with Crippen LogP contribution in [0, 0.1) is 11.8 Å². The molecule has 0 spiro atoms. The Kier molecular flexibility index (Phi) is 3.68. The molecule has 4 N–H and O–H groups in total. The van der Waals surface area contributed by atoms with E-state index in [-0.39, 0.29) is 5.54 Å². The highest BCUT2D eigenvalue weighted by atomic mass is 16.1. The van der Waals surface area contributed by atoms with E-state index in [0.717, 1.165) is 24.3 Å². The molecule has 0 saturated carbocycles. The van der Waals surface area contributed by atoms with Gasteiger partial charge >= 0.3 is 0 Å². The number of H-pyrrole nitrogens is 1. The average Bonchev–Trinajstić information content (AvgIpc) is 3.02. The standard InChI is InChI=1S/C17H24N4O/c1-10(2)7-11-8-17(3,19-9-11)16-20-13-6-4-5-12(15(18)22)14(13)21-16/h4-6,10-11,19H,7-9H2,1-3H3,(H2,18,22)(H,20,21)/t11?,17-/m1/s1. The maximum absolute atomic E-state index is 11.6. The lowest BCUT2D eigenvalue weighted by molar-refractivity contribution is 0.100. The van der Waals surface area contributed by atoms with E-state index in [4.69, 9.17) is 5.73 Å². The Morgan fingerprint density at radius 2 is 2.27 bits per heavy atom.